The molecule has 0 aliphatic carbocycles. The van der Waals surface area contributed by atoms with E-state index in [1.807, 2.05) is 52.0 Å². The molecule has 0 spiro atoms. The minimum Gasteiger partial charge on any atom is -0.458 e. The van der Waals surface area contributed by atoms with Crippen LogP contribution in [0.1, 0.15) is 39.7 Å². The molecule has 0 radical (unpaired) electrons. The van der Waals surface area contributed by atoms with E-state index >= 15 is 0 Å². The number of carbonyl (C=O) groups is 2. The van der Waals surface area contributed by atoms with E-state index in [1.165, 1.54) is 6.92 Å². The molecule has 1 unspecified atom stereocenters. The van der Waals surface area contributed by atoms with Crippen LogP contribution in [0.5, 0.6) is 0 Å². The highest BCUT2D eigenvalue weighted by Gasteiger charge is 2.26. The minimum atomic E-state index is -0.658. The fraction of sp³-hybridized carbons (Fsp3) is 0.500. The van der Waals surface area contributed by atoms with Gasteiger partial charge in [-0.25, -0.2) is 4.79 Å². The number of benzene rings is 1. The molecule has 4 nitrogen and oxygen atoms in total. The van der Waals surface area contributed by atoms with Gasteiger partial charge in [0.2, 0.25) is 0 Å². The highest BCUT2D eigenvalue weighted by molar-refractivity contribution is 5.87. The van der Waals surface area contributed by atoms with Crippen LogP contribution in [-0.2, 0) is 14.3 Å². The molecule has 0 aromatic heterocycles. The molecular weight excluding hydrogens is 254 g/mol. The summed E-state index contributed by atoms with van der Waals surface area (Å²) in [7, 11) is 0. The number of rotatable bonds is 5. The molecule has 20 heavy (non-hydrogen) atoms. The van der Waals surface area contributed by atoms with Gasteiger partial charge in [-0.05, 0) is 46.8 Å². The zero-order valence-corrected chi connectivity index (χ0v) is 12.8. The second-order valence-corrected chi connectivity index (χ2v) is 6.00. The molecule has 0 aliphatic heterocycles. The van der Waals surface area contributed by atoms with Crippen molar-refractivity contribution in [2.45, 2.75) is 52.7 Å². The molecule has 1 N–H and O–H groups in total. The third kappa shape index (κ3) is 5.87. The van der Waals surface area contributed by atoms with Crippen LogP contribution in [0.3, 0.4) is 0 Å². The Morgan fingerprint density at radius 3 is 2.20 bits per heavy atom. The zero-order valence-electron chi connectivity index (χ0n) is 12.8. The molecule has 1 rings (SSSR count). The number of nitrogens with one attached hydrogen (secondary N) is 1. The zero-order chi connectivity index (χ0) is 15.3. The van der Waals surface area contributed by atoms with Crippen LogP contribution in [0.2, 0.25) is 0 Å². The Labute approximate surface area is 120 Å². The van der Waals surface area contributed by atoms with Gasteiger partial charge in [-0.1, -0.05) is 17.7 Å². The van der Waals surface area contributed by atoms with Gasteiger partial charge >= 0.3 is 5.97 Å². The Hall–Kier alpha value is -1.84. The number of anilines is 1. The average Bonchev–Trinajstić information content (AvgIpc) is 2.28. The van der Waals surface area contributed by atoms with E-state index in [1.54, 1.807) is 0 Å². The van der Waals surface area contributed by atoms with Crippen LogP contribution in [0.25, 0.3) is 0 Å². The molecule has 1 atom stereocenters. The maximum atomic E-state index is 12.1. The van der Waals surface area contributed by atoms with Crippen molar-refractivity contribution in [3.63, 3.8) is 0 Å². The first-order chi connectivity index (χ1) is 9.17. The van der Waals surface area contributed by atoms with Gasteiger partial charge in [-0.3, -0.25) is 4.79 Å². The Kier molecular flexibility index (Phi) is 5.31. The molecule has 0 aliphatic rings. The van der Waals surface area contributed by atoms with Gasteiger partial charge in [-0.2, -0.15) is 0 Å². The summed E-state index contributed by atoms with van der Waals surface area (Å²) in [6.45, 7) is 8.88. The van der Waals surface area contributed by atoms with Gasteiger partial charge < -0.3 is 10.1 Å². The van der Waals surface area contributed by atoms with Crippen LogP contribution < -0.4 is 5.32 Å². The van der Waals surface area contributed by atoms with Gasteiger partial charge in [0, 0.05) is 12.1 Å². The van der Waals surface area contributed by atoms with E-state index < -0.39 is 17.6 Å². The number of hydrogen-bond acceptors (Lipinski definition) is 4. The van der Waals surface area contributed by atoms with E-state index in [4.69, 9.17) is 4.74 Å². The highest BCUT2D eigenvalue weighted by atomic mass is 16.6. The second kappa shape index (κ2) is 6.55. The smallest absolute Gasteiger partial charge is 0.329 e. The van der Waals surface area contributed by atoms with Crippen molar-refractivity contribution in [3.05, 3.63) is 29.8 Å². The predicted octanol–water partition coefficient (Wildman–Crippen LogP) is 3.10. The summed E-state index contributed by atoms with van der Waals surface area (Å²) >= 11 is 0. The van der Waals surface area contributed by atoms with Crippen molar-refractivity contribution in [2.24, 2.45) is 0 Å². The summed E-state index contributed by atoms with van der Waals surface area (Å²) in [4.78, 5) is 23.4. The van der Waals surface area contributed by atoms with Gasteiger partial charge in [0.05, 0.1) is 0 Å². The summed E-state index contributed by atoms with van der Waals surface area (Å²) in [6, 6.07) is 7.00. The fourth-order valence-electron chi connectivity index (χ4n) is 1.70. The summed E-state index contributed by atoms with van der Waals surface area (Å²) in [5, 5.41) is 3.06. The topological polar surface area (TPSA) is 55.4 Å². The summed E-state index contributed by atoms with van der Waals surface area (Å²) in [5.74, 6) is -0.464. The summed E-state index contributed by atoms with van der Waals surface area (Å²) < 4.78 is 5.34. The number of aryl methyl sites for hydroxylation is 1. The van der Waals surface area contributed by atoms with E-state index in [9.17, 15) is 9.59 Å². The van der Waals surface area contributed by atoms with E-state index in [0.717, 1.165) is 11.3 Å². The summed E-state index contributed by atoms with van der Waals surface area (Å²) in [5.41, 5.74) is 1.37. The van der Waals surface area contributed by atoms with Gasteiger partial charge in [0.15, 0.2) is 0 Å². The Bertz CT molecular complexity index is 471. The number of carbonyl (C=O) groups excluding carboxylic acids is 2. The lowest BCUT2D eigenvalue weighted by Crippen LogP contribution is -2.37. The molecule has 0 saturated heterocycles. The number of hydrogen-bond donors (Lipinski definition) is 1. The quantitative estimate of drug-likeness (QED) is 0.840. The average molecular weight is 277 g/mol. The van der Waals surface area contributed by atoms with Crippen molar-refractivity contribution in [3.8, 4) is 0 Å². The van der Waals surface area contributed by atoms with Gasteiger partial charge in [0.1, 0.15) is 17.4 Å². The predicted molar refractivity (Wildman–Crippen MR) is 79.7 cm³/mol. The van der Waals surface area contributed by atoms with Crippen molar-refractivity contribution < 1.29 is 14.3 Å². The van der Waals surface area contributed by atoms with Crippen LogP contribution in [0.4, 0.5) is 5.69 Å². The number of esters is 1. The second-order valence-electron chi connectivity index (χ2n) is 6.00. The molecular formula is C16H23NO3. The Morgan fingerprint density at radius 2 is 1.75 bits per heavy atom. The minimum absolute atomic E-state index is 0.0551. The lowest BCUT2D eigenvalue weighted by Gasteiger charge is -2.24. The SMILES string of the molecule is CC(=O)CC(Nc1ccc(C)cc1)C(=O)OC(C)(C)C. The third-order valence-electron chi connectivity index (χ3n) is 2.58. The van der Waals surface area contributed by atoms with E-state index in [0.29, 0.717) is 0 Å². The monoisotopic (exact) mass is 277 g/mol. The Morgan fingerprint density at radius 1 is 1.20 bits per heavy atom. The molecule has 1 aromatic rings. The highest BCUT2D eigenvalue weighted by Crippen LogP contribution is 2.15. The van der Waals surface area contributed by atoms with E-state index in [2.05, 4.69) is 5.32 Å². The van der Waals surface area contributed by atoms with Gasteiger partial charge in [-0.15, -0.1) is 0 Å². The molecule has 0 saturated carbocycles. The van der Waals surface area contributed by atoms with Crippen molar-refractivity contribution in [1.82, 2.24) is 0 Å². The molecule has 4 heteroatoms. The number of Topliss-reactive ketones (excluding diaryl/α,β-unsaturated/α-hetero) is 1. The van der Waals surface area contributed by atoms with Gasteiger partial charge in [0.25, 0.3) is 0 Å². The Balaban J connectivity index is 2.81. The maximum absolute atomic E-state index is 12.1. The van der Waals surface area contributed by atoms with Crippen LogP contribution in [-0.4, -0.2) is 23.4 Å². The molecule has 0 fully saturated rings. The molecule has 0 amide bonds. The third-order valence-corrected chi connectivity index (χ3v) is 2.58. The molecule has 110 valence electrons. The standard InChI is InChI=1S/C16H23NO3/c1-11-6-8-13(9-7-11)17-14(10-12(2)18)15(19)20-16(3,4)5/h6-9,14,17H,10H2,1-5H3. The van der Waals surface area contributed by atoms with Crippen LogP contribution >= 0.6 is 0 Å². The van der Waals surface area contributed by atoms with E-state index in [-0.39, 0.29) is 12.2 Å². The largest absolute Gasteiger partial charge is 0.458 e. The molecule has 1 aromatic carbocycles. The normalized spacial score (nSPS) is 12.7. The first kappa shape index (κ1) is 16.2. The molecule has 0 heterocycles. The summed E-state index contributed by atoms with van der Waals surface area (Å²) in [6.07, 6.45) is 0.114. The lowest BCUT2D eigenvalue weighted by molar-refractivity contribution is -0.156. The molecule has 0 bridgehead atoms. The number of ketones is 1. The van der Waals surface area contributed by atoms with Crippen molar-refractivity contribution in [2.75, 3.05) is 5.32 Å². The van der Waals surface area contributed by atoms with Crippen LogP contribution in [0.15, 0.2) is 24.3 Å². The maximum Gasteiger partial charge on any atom is 0.329 e. The van der Waals surface area contributed by atoms with Crippen molar-refractivity contribution in [1.29, 1.82) is 0 Å². The number of ether oxygens (including phenoxy) is 1. The fourth-order valence-corrected chi connectivity index (χ4v) is 1.70. The van der Waals surface area contributed by atoms with Crippen molar-refractivity contribution >= 4 is 17.4 Å². The van der Waals surface area contributed by atoms with Crippen LogP contribution in [0, 0.1) is 6.92 Å². The lowest BCUT2D eigenvalue weighted by atomic mass is 10.1. The first-order valence-electron chi connectivity index (χ1n) is 6.73. The first-order valence-corrected chi connectivity index (χ1v) is 6.73.